The van der Waals surface area contributed by atoms with Crippen LogP contribution >= 0.6 is 23.4 Å². The molecule has 4 heteroatoms. The van der Waals surface area contributed by atoms with Crippen LogP contribution in [0.25, 0.3) is 44.2 Å². The van der Waals surface area contributed by atoms with Crippen molar-refractivity contribution >= 4 is 56.2 Å². The van der Waals surface area contributed by atoms with E-state index in [-0.39, 0.29) is 0 Å². The maximum atomic E-state index is 6.82. The average molecular weight is 423 g/mol. The Labute approximate surface area is 182 Å². The van der Waals surface area contributed by atoms with E-state index in [4.69, 9.17) is 11.6 Å². The number of aromatic nitrogens is 2. The molecule has 4 aromatic carbocycles. The zero-order valence-electron chi connectivity index (χ0n) is 15.8. The molecular weight excluding hydrogens is 408 g/mol. The van der Waals surface area contributed by atoms with Gasteiger partial charge in [-0.15, -0.1) is 0 Å². The fourth-order valence-corrected chi connectivity index (χ4v) is 6.17. The number of hydrogen-bond donors (Lipinski definition) is 0. The zero-order chi connectivity index (χ0) is 19.8. The lowest BCUT2D eigenvalue weighted by atomic mass is 10.1. The van der Waals surface area contributed by atoms with Crippen LogP contribution in [-0.2, 0) is 0 Å². The maximum absolute atomic E-state index is 6.82. The van der Waals surface area contributed by atoms with Crippen molar-refractivity contribution < 1.29 is 0 Å². The highest BCUT2D eigenvalue weighted by Gasteiger charge is 2.28. The molecule has 142 valence electrons. The number of hydrogen-bond acceptors (Lipinski definition) is 1. The summed E-state index contributed by atoms with van der Waals surface area (Å²) < 4.78 is 4.78. The van der Waals surface area contributed by atoms with E-state index >= 15 is 0 Å². The summed E-state index contributed by atoms with van der Waals surface area (Å²) in [6.45, 7) is 0. The summed E-state index contributed by atoms with van der Waals surface area (Å²) in [6, 6.07) is 32.0. The second-order valence-electron chi connectivity index (χ2n) is 7.56. The van der Waals surface area contributed by atoms with Crippen molar-refractivity contribution in [3.05, 3.63) is 96.0 Å². The van der Waals surface area contributed by atoms with Gasteiger partial charge in [0.2, 0.25) is 0 Å². The lowest BCUT2D eigenvalue weighted by Crippen LogP contribution is -2.05. The summed E-state index contributed by atoms with van der Waals surface area (Å²) in [4.78, 5) is 2.55. The van der Waals surface area contributed by atoms with Gasteiger partial charge in [-0.2, -0.15) is 0 Å². The molecule has 30 heavy (non-hydrogen) atoms. The Morgan fingerprint density at radius 3 is 2.30 bits per heavy atom. The van der Waals surface area contributed by atoms with Gasteiger partial charge in [0.25, 0.3) is 0 Å². The maximum Gasteiger partial charge on any atom is 0.131 e. The number of benzene rings is 4. The summed E-state index contributed by atoms with van der Waals surface area (Å²) in [5.41, 5.74) is 5.91. The van der Waals surface area contributed by atoms with E-state index in [9.17, 15) is 0 Å². The number of para-hydroxylation sites is 3. The Balaban J connectivity index is 1.83. The Morgan fingerprint density at radius 2 is 1.40 bits per heavy atom. The lowest BCUT2D eigenvalue weighted by Gasteiger charge is -2.20. The van der Waals surface area contributed by atoms with Crippen LogP contribution in [0.3, 0.4) is 0 Å². The lowest BCUT2D eigenvalue weighted by molar-refractivity contribution is 1.03. The van der Waals surface area contributed by atoms with Crippen molar-refractivity contribution in [2.75, 3.05) is 0 Å². The summed E-state index contributed by atoms with van der Waals surface area (Å²) in [6.07, 6.45) is 0. The first-order chi connectivity index (χ1) is 14.8. The molecule has 0 radical (unpaired) electrons. The molecule has 0 N–H and O–H groups in total. The highest BCUT2D eigenvalue weighted by molar-refractivity contribution is 7.99. The molecule has 1 aliphatic heterocycles. The standard InChI is InChI=1S/C26H15ClN2S/c27-18-11-7-13-20-24(18)23-17-10-6-15-22-25(17)29(19-12-4-5-14-21(19)30-22)26(23)28(20)16-8-2-1-3-9-16/h1-15H. The highest BCUT2D eigenvalue weighted by Crippen LogP contribution is 2.50. The topological polar surface area (TPSA) is 9.86 Å². The zero-order valence-corrected chi connectivity index (χ0v) is 17.4. The van der Waals surface area contributed by atoms with E-state index in [0.29, 0.717) is 0 Å². The second kappa shape index (κ2) is 5.94. The Kier molecular flexibility index (Phi) is 3.30. The monoisotopic (exact) mass is 422 g/mol. The van der Waals surface area contributed by atoms with Crippen molar-refractivity contribution in [1.82, 2.24) is 9.13 Å². The number of halogens is 1. The van der Waals surface area contributed by atoms with Crippen molar-refractivity contribution in [3.8, 4) is 11.4 Å². The quantitative estimate of drug-likeness (QED) is 0.262. The van der Waals surface area contributed by atoms with Gasteiger partial charge < -0.3 is 0 Å². The third kappa shape index (κ3) is 2.01. The molecule has 7 rings (SSSR count). The molecule has 0 saturated heterocycles. The Bertz CT molecular complexity index is 1630. The van der Waals surface area contributed by atoms with E-state index in [1.165, 1.54) is 37.4 Å². The Morgan fingerprint density at radius 1 is 0.633 bits per heavy atom. The average Bonchev–Trinajstić information content (AvgIpc) is 3.30. The van der Waals surface area contributed by atoms with Crippen LogP contribution in [0.15, 0.2) is 101 Å². The van der Waals surface area contributed by atoms with Gasteiger partial charge in [-0.3, -0.25) is 9.13 Å². The van der Waals surface area contributed by atoms with E-state index in [1.54, 1.807) is 0 Å². The van der Waals surface area contributed by atoms with Crippen LogP contribution in [0.5, 0.6) is 0 Å². The Hall–Kier alpha value is -3.14. The first kappa shape index (κ1) is 16.6. The molecule has 2 aromatic heterocycles. The van der Waals surface area contributed by atoms with Crippen LogP contribution < -0.4 is 0 Å². The van der Waals surface area contributed by atoms with Crippen molar-refractivity contribution in [2.45, 2.75) is 9.79 Å². The van der Waals surface area contributed by atoms with Gasteiger partial charge in [-0.05, 0) is 42.5 Å². The minimum Gasteiger partial charge on any atom is -0.295 e. The molecule has 0 fully saturated rings. The van der Waals surface area contributed by atoms with Gasteiger partial charge in [-0.25, -0.2) is 0 Å². The first-order valence-electron chi connectivity index (χ1n) is 9.91. The molecule has 0 bridgehead atoms. The number of fused-ring (bicyclic) bond motifs is 7. The fraction of sp³-hybridized carbons (Fsp3) is 0. The van der Waals surface area contributed by atoms with Crippen LogP contribution in [0.2, 0.25) is 5.02 Å². The first-order valence-corrected chi connectivity index (χ1v) is 11.1. The van der Waals surface area contributed by atoms with Crippen LogP contribution in [0.1, 0.15) is 0 Å². The molecule has 0 unspecified atom stereocenters. The van der Waals surface area contributed by atoms with Crippen LogP contribution in [0.4, 0.5) is 0 Å². The predicted octanol–water partition coefficient (Wildman–Crippen LogP) is 7.85. The third-order valence-electron chi connectivity index (χ3n) is 5.96. The van der Waals surface area contributed by atoms with Crippen molar-refractivity contribution in [2.24, 2.45) is 0 Å². The summed E-state index contributed by atoms with van der Waals surface area (Å²) in [7, 11) is 0. The van der Waals surface area contributed by atoms with E-state index < -0.39 is 0 Å². The predicted molar refractivity (Wildman–Crippen MR) is 127 cm³/mol. The van der Waals surface area contributed by atoms with Gasteiger partial charge in [0.05, 0.1) is 21.7 Å². The fourth-order valence-electron chi connectivity index (χ4n) is 4.81. The normalized spacial score (nSPS) is 12.7. The van der Waals surface area contributed by atoms with Gasteiger partial charge in [-0.1, -0.05) is 71.9 Å². The molecule has 1 aliphatic rings. The molecular formula is C26H15ClN2S. The van der Waals surface area contributed by atoms with Gasteiger partial charge in [0, 0.05) is 31.6 Å². The molecule has 0 amide bonds. The van der Waals surface area contributed by atoms with Crippen molar-refractivity contribution in [1.29, 1.82) is 0 Å². The van der Waals surface area contributed by atoms with Crippen LogP contribution in [-0.4, -0.2) is 9.13 Å². The van der Waals surface area contributed by atoms with Crippen LogP contribution in [0, 0.1) is 0 Å². The smallest absolute Gasteiger partial charge is 0.131 e. The van der Waals surface area contributed by atoms with E-state index in [0.717, 1.165) is 21.6 Å². The van der Waals surface area contributed by atoms with Gasteiger partial charge >= 0.3 is 0 Å². The van der Waals surface area contributed by atoms with Crippen molar-refractivity contribution in [3.63, 3.8) is 0 Å². The molecule has 6 aromatic rings. The summed E-state index contributed by atoms with van der Waals surface area (Å²) in [5.74, 6) is 0. The van der Waals surface area contributed by atoms with Gasteiger partial charge in [0.15, 0.2) is 0 Å². The molecule has 0 spiro atoms. The molecule has 0 aliphatic carbocycles. The number of nitrogens with zero attached hydrogens (tertiary/aromatic N) is 2. The third-order valence-corrected chi connectivity index (χ3v) is 7.39. The molecule has 0 saturated carbocycles. The van der Waals surface area contributed by atoms with E-state index in [1.807, 2.05) is 23.9 Å². The molecule has 0 atom stereocenters. The summed E-state index contributed by atoms with van der Waals surface area (Å²) >= 11 is 8.66. The summed E-state index contributed by atoms with van der Waals surface area (Å²) in [5, 5.41) is 4.37. The highest BCUT2D eigenvalue weighted by atomic mass is 35.5. The minimum absolute atomic E-state index is 0.789. The SMILES string of the molecule is Clc1cccc2c1c1c3cccc4c3n(c1n2-c1ccccc1)-c1ccccc1S4. The number of rotatable bonds is 1. The van der Waals surface area contributed by atoms with Gasteiger partial charge in [0.1, 0.15) is 5.65 Å². The molecule has 2 nitrogen and oxygen atoms in total. The largest absolute Gasteiger partial charge is 0.295 e. The molecule has 3 heterocycles. The minimum atomic E-state index is 0.789. The van der Waals surface area contributed by atoms with E-state index in [2.05, 4.69) is 88.0 Å². The second-order valence-corrected chi connectivity index (χ2v) is 9.05.